The summed E-state index contributed by atoms with van der Waals surface area (Å²) in [7, 11) is 0. The van der Waals surface area contributed by atoms with Gasteiger partial charge in [0.2, 0.25) is 5.91 Å². The van der Waals surface area contributed by atoms with Gasteiger partial charge in [0.1, 0.15) is 0 Å². The zero-order valence-corrected chi connectivity index (χ0v) is 18.3. The number of fused-ring (bicyclic) bond motifs is 1. The zero-order valence-electron chi connectivity index (χ0n) is 17.5. The van der Waals surface area contributed by atoms with E-state index < -0.39 is 11.9 Å². The van der Waals surface area contributed by atoms with Gasteiger partial charge in [-0.2, -0.15) is 0 Å². The van der Waals surface area contributed by atoms with Crippen LogP contribution in [0.3, 0.4) is 0 Å². The molecule has 31 heavy (non-hydrogen) atoms. The fourth-order valence-corrected chi connectivity index (χ4v) is 4.98. The van der Waals surface area contributed by atoms with Crippen molar-refractivity contribution >= 4 is 34.6 Å². The number of thioether (sulfide) groups is 1. The van der Waals surface area contributed by atoms with Crippen molar-refractivity contribution in [1.82, 2.24) is 20.2 Å². The Morgan fingerprint density at radius 1 is 1.13 bits per heavy atom. The summed E-state index contributed by atoms with van der Waals surface area (Å²) in [6.07, 6.45) is 7.14. The smallest absolute Gasteiger partial charge is 0.321 e. The van der Waals surface area contributed by atoms with Crippen LogP contribution in [0, 0.1) is 0 Å². The third kappa shape index (κ3) is 5.65. The van der Waals surface area contributed by atoms with Crippen LogP contribution in [-0.2, 0) is 16.1 Å². The molecule has 166 valence electrons. The molecule has 0 bridgehead atoms. The molecule has 2 heterocycles. The van der Waals surface area contributed by atoms with E-state index in [-0.39, 0.29) is 23.5 Å². The minimum atomic E-state index is -0.458. The van der Waals surface area contributed by atoms with E-state index in [4.69, 9.17) is 4.74 Å². The van der Waals surface area contributed by atoms with Crippen molar-refractivity contribution in [3.05, 3.63) is 34.6 Å². The molecule has 1 aromatic carbocycles. The first-order chi connectivity index (χ1) is 15.1. The lowest BCUT2D eigenvalue weighted by atomic mass is 9.96. The molecule has 2 fully saturated rings. The third-order valence-corrected chi connectivity index (χ3v) is 6.74. The second-order valence-corrected chi connectivity index (χ2v) is 9.05. The monoisotopic (exact) mass is 444 g/mol. The lowest BCUT2D eigenvalue weighted by Crippen LogP contribution is -2.45. The number of aromatic nitrogens is 2. The Labute approximate surface area is 185 Å². The van der Waals surface area contributed by atoms with Crippen LogP contribution >= 0.6 is 11.8 Å². The average Bonchev–Trinajstić information content (AvgIpc) is 3.28. The number of benzene rings is 1. The predicted octanol–water partition coefficient (Wildman–Crippen LogP) is 2.83. The van der Waals surface area contributed by atoms with Crippen LogP contribution in [0.4, 0.5) is 4.79 Å². The number of imide groups is 1. The van der Waals surface area contributed by atoms with Crippen LogP contribution in [0.1, 0.15) is 44.9 Å². The summed E-state index contributed by atoms with van der Waals surface area (Å²) in [5.41, 5.74) is 0.452. The molecule has 1 aliphatic heterocycles. The summed E-state index contributed by atoms with van der Waals surface area (Å²) >= 11 is 1.16. The highest BCUT2D eigenvalue weighted by Gasteiger charge is 2.21. The van der Waals surface area contributed by atoms with Crippen molar-refractivity contribution in [3.63, 3.8) is 0 Å². The van der Waals surface area contributed by atoms with E-state index in [1.54, 1.807) is 16.7 Å². The van der Waals surface area contributed by atoms with Gasteiger partial charge in [0.05, 0.1) is 29.3 Å². The molecule has 1 aromatic heterocycles. The minimum absolute atomic E-state index is 0.00556. The first-order valence-electron chi connectivity index (χ1n) is 10.9. The van der Waals surface area contributed by atoms with E-state index in [2.05, 4.69) is 15.6 Å². The largest absolute Gasteiger partial charge is 0.376 e. The van der Waals surface area contributed by atoms with Crippen LogP contribution in [-0.4, -0.2) is 46.0 Å². The van der Waals surface area contributed by atoms with Gasteiger partial charge < -0.3 is 10.1 Å². The Balaban J connectivity index is 1.43. The summed E-state index contributed by atoms with van der Waals surface area (Å²) in [5.74, 6) is -0.418. The van der Waals surface area contributed by atoms with E-state index in [0.717, 1.165) is 50.3 Å². The summed E-state index contributed by atoms with van der Waals surface area (Å²) in [6.45, 7) is 1.10. The Hall–Kier alpha value is -2.39. The predicted molar refractivity (Wildman–Crippen MR) is 119 cm³/mol. The van der Waals surface area contributed by atoms with Crippen LogP contribution < -0.4 is 16.2 Å². The van der Waals surface area contributed by atoms with Crippen LogP contribution in [0.2, 0.25) is 0 Å². The molecular formula is C22H28N4O4S. The molecule has 2 aromatic rings. The SMILES string of the molecule is O=C(CSc1nc2ccccc2c(=O)n1C[C@H]1CCCO1)NC(=O)NC1CCCCC1. The average molecular weight is 445 g/mol. The summed E-state index contributed by atoms with van der Waals surface area (Å²) in [5, 5.41) is 6.27. The number of nitrogens with zero attached hydrogens (tertiary/aromatic N) is 2. The number of carbonyl (C=O) groups excluding carboxylic acids is 2. The number of nitrogens with one attached hydrogen (secondary N) is 2. The molecule has 1 saturated carbocycles. The van der Waals surface area contributed by atoms with Crippen molar-refractivity contribution in [1.29, 1.82) is 0 Å². The Bertz CT molecular complexity index is 997. The van der Waals surface area contributed by atoms with E-state index in [9.17, 15) is 14.4 Å². The highest BCUT2D eigenvalue weighted by molar-refractivity contribution is 7.99. The first-order valence-corrected chi connectivity index (χ1v) is 11.9. The maximum absolute atomic E-state index is 13.1. The normalized spacial score (nSPS) is 19.4. The standard InChI is InChI=1S/C22H28N4O4S/c27-19(25-21(29)23-15-7-2-1-3-8-15)14-31-22-24-18-11-5-4-10-17(18)20(28)26(22)13-16-9-6-12-30-16/h4-5,10-11,15-16H,1-3,6-9,12-14H2,(H2,23,25,27,29)/t16-/m1/s1. The Kier molecular flexibility index (Phi) is 7.24. The number of amides is 3. The number of para-hydroxylation sites is 1. The summed E-state index contributed by atoms with van der Waals surface area (Å²) < 4.78 is 7.30. The molecule has 8 nitrogen and oxygen atoms in total. The number of hydrogen-bond acceptors (Lipinski definition) is 6. The molecule has 9 heteroatoms. The van der Waals surface area contributed by atoms with Gasteiger partial charge >= 0.3 is 6.03 Å². The molecule has 3 amide bonds. The molecule has 2 N–H and O–H groups in total. The fraction of sp³-hybridized carbons (Fsp3) is 0.545. The molecule has 0 unspecified atom stereocenters. The van der Waals surface area contributed by atoms with E-state index in [1.165, 1.54) is 6.42 Å². The van der Waals surface area contributed by atoms with Gasteiger partial charge in [0.15, 0.2) is 5.16 Å². The number of rotatable bonds is 6. The second-order valence-electron chi connectivity index (χ2n) is 8.11. The molecule has 0 spiro atoms. The summed E-state index contributed by atoms with van der Waals surface area (Å²) in [6, 6.07) is 6.86. The topological polar surface area (TPSA) is 102 Å². The van der Waals surface area contributed by atoms with Crippen LogP contribution in [0.5, 0.6) is 0 Å². The van der Waals surface area contributed by atoms with Gasteiger partial charge in [-0.3, -0.25) is 19.5 Å². The molecule has 1 aliphatic carbocycles. The lowest BCUT2D eigenvalue weighted by Gasteiger charge is -2.22. The zero-order chi connectivity index (χ0) is 21.6. The lowest BCUT2D eigenvalue weighted by molar-refractivity contribution is -0.117. The number of hydrogen-bond donors (Lipinski definition) is 2. The minimum Gasteiger partial charge on any atom is -0.376 e. The van der Waals surface area contributed by atoms with Gasteiger partial charge in [-0.1, -0.05) is 43.2 Å². The maximum Gasteiger partial charge on any atom is 0.321 e. The molecule has 4 rings (SSSR count). The van der Waals surface area contributed by atoms with E-state index in [0.29, 0.717) is 29.2 Å². The van der Waals surface area contributed by atoms with Crippen molar-refractivity contribution < 1.29 is 14.3 Å². The second kappa shape index (κ2) is 10.3. The van der Waals surface area contributed by atoms with Gasteiger partial charge in [0, 0.05) is 12.6 Å². The van der Waals surface area contributed by atoms with Crippen LogP contribution in [0.25, 0.3) is 10.9 Å². The van der Waals surface area contributed by atoms with Crippen molar-refractivity contribution in [2.24, 2.45) is 0 Å². The maximum atomic E-state index is 13.1. The van der Waals surface area contributed by atoms with Gasteiger partial charge in [-0.05, 0) is 37.8 Å². The number of ether oxygens (including phenoxy) is 1. The fourth-order valence-electron chi connectivity index (χ4n) is 4.17. The molecular weight excluding hydrogens is 416 g/mol. The van der Waals surface area contributed by atoms with Crippen LogP contribution in [0.15, 0.2) is 34.2 Å². The first kappa shape index (κ1) is 21.8. The quantitative estimate of drug-likeness (QED) is 0.525. The highest BCUT2D eigenvalue weighted by Crippen LogP contribution is 2.21. The molecule has 1 atom stereocenters. The van der Waals surface area contributed by atoms with E-state index in [1.807, 2.05) is 12.1 Å². The van der Waals surface area contributed by atoms with E-state index >= 15 is 0 Å². The number of urea groups is 1. The summed E-state index contributed by atoms with van der Waals surface area (Å²) in [4.78, 5) is 42.1. The molecule has 1 saturated heterocycles. The number of carbonyl (C=O) groups is 2. The van der Waals surface area contributed by atoms with Crippen molar-refractivity contribution in [3.8, 4) is 0 Å². The Morgan fingerprint density at radius 2 is 1.94 bits per heavy atom. The van der Waals surface area contributed by atoms with Gasteiger partial charge in [0.25, 0.3) is 5.56 Å². The highest BCUT2D eigenvalue weighted by atomic mass is 32.2. The van der Waals surface area contributed by atoms with Crippen molar-refractivity contribution in [2.75, 3.05) is 12.4 Å². The van der Waals surface area contributed by atoms with Crippen molar-refractivity contribution in [2.45, 2.75) is 68.8 Å². The molecule has 2 aliphatic rings. The Morgan fingerprint density at radius 3 is 2.71 bits per heavy atom. The van der Waals surface area contributed by atoms with Gasteiger partial charge in [-0.15, -0.1) is 0 Å². The third-order valence-electron chi connectivity index (χ3n) is 5.76. The molecule has 0 radical (unpaired) electrons. The van der Waals surface area contributed by atoms with Gasteiger partial charge in [-0.25, -0.2) is 9.78 Å².